The summed E-state index contributed by atoms with van der Waals surface area (Å²) in [6.07, 6.45) is 0. The molecule has 6 nitrogen and oxygen atoms in total. The van der Waals surface area contributed by atoms with Crippen LogP contribution in [0.1, 0.15) is 5.76 Å². The number of aryl methyl sites for hydroxylation is 1. The maximum atomic E-state index is 11.8. The van der Waals surface area contributed by atoms with Crippen molar-refractivity contribution in [1.82, 2.24) is 5.16 Å². The van der Waals surface area contributed by atoms with Gasteiger partial charge in [-0.2, -0.15) is 0 Å². The van der Waals surface area contributed by atoms with Crippen LogP contribution in [0, 0.1) is 6.92 Å². The average molecular weight is 313 g/mol. The molecule has 0 spiro atoms. The number of benzene rings is 1. The van der Waals surface area contributed by atoms with Crippen molar-refractivity contribution in [2.45, 2.75) is 11.8 Å². The molecule has 0 aliphatic rings. The van der Waals surface area contributed by atoms with Crippen LogP contribution in [0.15, 0.2) is 39.8 Å². The minimum Gasteiger partial charge on any atom is -0.399 e. The lowest BCUT2D eigenvalue weighted by atomic mass is 10.3. The van der Waals surface area contributed by atoms with E-state index in [1.165, 1.54) is 17.8 Å². The standard InChI is InChI=1S/C12H15N3O3S2/c1-9-8-12(14-18-9)15-20(16,17)7-6-19-11-4-2-10(13)3-5-11/h2-5,8H,6-7,13H2,1H3,(H,14,15). The van der Waals surface area contributed by atoms with Gasteiger partial charge in [-0.15, -0.1) is 11.8 Å². The van der Waals surface area contributed by atoms with E-state index < -0.39 is 10.0 Å². The molecule has 0 atom stereocenters. The lowest BCUT2D eigenvalue weighted by Gasteiger charge is -2.05. The van der Waals surface area contributed by atoms with Gasteiger partial charge in [0.2, 0.25) is 10.0 Å². The van der Waals surface area contributed by atoms with Crippen molar-refractivity contribution in [3.8, 4) is 0 Å². The molecular weight excluding hydrogens is 298 g/mol. The van der Waals surface area contributed by atoms with Crippen LogP contribution in [0.25, 0.3) is 0 Å². The Morgan fingerprint density at radius 2 is 2.05 bits per heavy atom. The Bertz CT molecular complexity index is 666. The summed E-state index contributed by atoms with van der Waals surface area (Å²) in [6, 6.07) is 8.83. The predicted octanol–water partition coefficient (Wildman–Crippen LogP) is 2.10. The second kappa shape index (κ2) is 6.19. The Kier molecular flexibility index (Phi) is 4.56. The highest BCUT2D eigenvalue weighted by atomic mass is 32.2. The van der Waals surface area contributed by atoms with Crippen molar-refractivity contribution in [3.05, 3.63) is 36.1 Å². The second-order valence-corrected chi connectivity index (χ2v) is 7.17. The molecule has 3 N–H and O–H groups in total. The van der Waals surface area contributed by atoms with Crippen LogP contribution >= 0.6 is 11.8 Å². The molecule has 0 unspecified atom stereocenters. The summed E-state index contributed by atoms with van der Waals surface area (Å²) >= 11 is 1.45. The Morgan fingerprint density at radius 1 is 1.35 bits per heavy atom. The maximum absolute atomic E-state index is 11.8. The number of rotatable bonds is 6. The zero-order chi connectivity index (χ0) is 14.6. The summed E-state index contributed by atoms with van der Waals surface area (Å²) in [4.78, 5) is 0.978. The fourth-order valence-corrected chi connectivity index (χ4v) is 3.75. The number of hydrogen-bond donors (Lipinski definition) is 2. The first-order chi connectivity index (χ1) is 9.44. The molecular formula is C12H15N3O3S2. The number of nitrogens with two attached hydrogens (primary N) is 1. The minimum atomic E-state index is -3.42. The van der Waals surface area contributed by atoms with E-state index in [1.54, 1.807) is 19.1 Å². The zero-order valence-corrected chi connectivity index (χ0v) is 12.5. The Hall–Kier alpha value is -1.67. The Balaban J connectivity index is 1.84. The van der Waals surface area contributed by atoms with Crippen LogP contribution in [0.2, 0.25) is 0 Å². The SMILES string of the molecule is Cc1cc(NS(=O)(=O)CCSc2ccc(N)cc2)no1. The molecule has 0 saturated heterocycles. The Labute approximate surface area is 121 Å². The third-order valence-corrected chi connectivity index (χ3v) is 4.92. The highest BCUT2D eigenvalue weighted by Crippen LogP contribution is 2.19. The molecule has 0 radical (unpaired) electrons. The lowest BCUT2D eigenvalue weighted by molar-refractivity contribution is 0.400. The van der Waals surface area contributed by atoms with Gasteiger partial charge in [0.25, 0.3) is 0 Å². The summed E-state index contributed by atoms with van der Waals surface area (Å²) in [5, 5.41) is 3.59. The highest BCUT2D eigenvalue weighted by molar-refractivity contribution is 8.01. The van der Waals surface area contributed by atoms with Gasteiger partial charge >= 0.3 is 0 Å². The van der Waals surface area contributed by atoms with Crippen LogP contribution in [-0.4, -0.2) is 25.1 Å². The van der Waals surface area contributed by atoms with Gasteiger partial charge in [-0.25, -0.2) is 8.42 Å². The molecule has 1 aromatic carbocycles. The summed E-state index contributed by atoms with van der Waals surface area (Å²) in [7, 11) is -3.42. The van der Waals surface area contributed by atoms with E-state index in [0.717, 1.165) is 4.90 Å². The molecule has 20 heavy (non-hydrogen) atoms. The van der Waals surface area contributed by atoms with E-state index >= 15 is 0 Å². The molecule has 0 aliphatic heterocycles. The van der Waals surface area contributed by atoms with Crippen LogP contribution in [0.3, 0.4) is 0 Å². The maximum Gasteiger partial charge on any atom is 0.234 e. The summed E-state index contributed by atoms with van der Waals surface area (Å²) in [5.74, 6) is 1.20. The first-order valence-electron chi connectivity index (χ1n) is 5.87. The van der Waals surface area contributed by atoms with Gasteiger partial charge in [0.15, 0.2) is 5.82 Å². The fourth-order valence-electron chi connectivity index (χ4n) is 1.46. The molecule has 2 rings (SSSR count). The van der Waals surface area contributed by atoms with E-state index in [-0.39, 0.29) is 11.6 Å². The fraction of sp³-hybridized carbons (Fsp3) is 0.250. The zero-order valence-electron chi connectivity index (χ0n) is 10.9. The molecule has 0 bridgehead atoms. The molecule has 1 aromatic heterocycles. The van der Waals surface area contributed by atoms with Crippen molar-refractivity contribution in [2.24, 2.45) is 0 Å². The minimum absolute atomic E-state index is 0.00600. The van der Waals surface area contributed by atoms with Gasteiger partial charge in [0, 0.05) is 22.4 Å². The van der Waals surface area contributed by atoms with Crippen molar-refractivity contribution in [3.63, 3.8) is 0 Å². The quantitative estimate of drug-likeness (QED) is 0.626. The lowest BCUT2D eigenvalue weighted by Crippen LogP contribution is -2.18. The predicted molar refractivity (Wildman–Crippen MR) is 80.2 cm³/mol. The van der Waals surface area contributed by atoms with Crippen molar-refractivity contribution >= 4 is 33.3 Å². The van der Waals surface area contributed by atoms with Gasteiger partial charge in [0.1, 0.15) is 5.76 Å². The third kappa shape index (κ3) is 4.46. The van der Waals surface area contributed by atoms with Gasteiger partial charge in [-0.3, -0.25) is 4.72 Å². The molecule has 0 aliphatic carbocycles. The highest BCUT2D eigenvalue weighted by Gasteiger charge is 2.12. The smallest absolute Gasteiger partial charge is 0.234 e. The molecule has 1 heterocycles. The van der Waals surface area contributed by atoms with E-state index in [4.69, 9.17) is 10.3 Å². The van der Waals surface area contributed by atoms with Crippen LogP contribution in [-0.2, 0) is 10.0 Å². The number of anilines is 2. The summed E-state index contributed by atoms with van der Waals surface area (Å²) < 4.78 is 30.8. The molecule has 8 heteroatoms. The third-order valence-electron chi connectivity index (χ3n) is 2.39. The molecule has 0 amide bonds. The average Bonchev–Trinajstić information content (AvgIpc) is 2.76. The molecule has 0 saturated carbocycles. The van der Waals surface area contributed by atoms with Crippen LogP contribution in [0.4, 0.5) is 11.5 Å². The van der Waals surface area contributed by atoms with Gasteiger partial charge in [-0.05, 0) is 31.2 Å². The monoisotopic (exact) mass is 313 g/mol. The first kappa shape index (κ1) is 14.7. The molecule has 2 aromatic rings. The topological polar surface area (TPSA) is 98.2 Å². The van der Waals surface area contributed by atoms with Gasteiger partial charge < -0.3 is 10.3 Å². The van der Waals surface area contributed by atoms with E-state index in [2.05, 4.69) is 9.88 Å². The number of sulfonamides is 1. The van der Waals surface area contributed by atoms with Crippen molar-refractivity contribution < 1.29 is 12.9 Å². The normalized spacial score (nSPS) is 11.4. The number of nitrogen functional groups attached to an aromatic ring is 1. The number of thioether (sulfide) groups is 1. The van der Waals surface area contributed by atoms with Crippen LogP contribution < -0.4 is 10.5 Å². The number of nitrogens with one attached hydrogen (secondary N) is 1. The van der Waals surface area contributed by atoms with Gasteiger partial charge in [0.05, 0.1) is 5.75 Å². The molecule has 0 fully saturated rings. The Morgan fingerprint density at radius 3 is 2.65 bits per heavy atom. The van der Waals surface area contributed by atoms with Crippen LogP contribution in [0.5, 0.6) is 0 Å². The number of aromatic nitrogens is 1. The summed E-state index contributed by atoms with van der Waals surface area (Å²) in [6.45, 7) is 1.70. The molecule has 108 valence electrons. The second-order valence-electron chi connectivity index (χ2n) is 4.16. The van der Waals surface area contributed by atoms with E-state index in [0.29, 0.717) is 17.2 Å². The van der Waals surface area contributed by atoms with Crippen molar-refractivity contribution in [1.29, 1.82) is 0 Å². The van der Waals surface area contributed by atoms with E-state index in [1.807, 2.05) is 12.1 Å². The summed E-state index contributed by atoms with van der Waals surface area (Å²) in [5.41, 5.74) is 6.27. The largest absolute Gasteiger partial charge is 0.399 e. The number of nitrogens with zero attached hydrogens (tertiary/aromatic N) is 1. The first-order valence-corrected chi connectivity index (χ1v) is 8.50. The number of hydrogen-bond acceptors (Lipinski definition) is 6. The van der Waals surface area contributed by atoms with Gasteiger partial charge in [-0.1, -0.05) is 5.16 Å². The van der Waals surface area contributed by atoms with E-state index in [9.17, 15) is 8.42 Å². The van der Waals surface area contributed by atoms with Crippen molar-refractivity contribution in [2.75, 3.05) is 22.0 Å².